The predicted molar refractivity (Wildman–Crippen MR) is 86.9 cm³/mol. The van der Waals surface area contributed by atoms with Gasteiger partial charge in [0.2, 0.25) is 0 Å². The van der Waals surface area contributed by atoms with Gasteiger partial charge in [0.1, 0.15) is 12.7 Å². The zero-order valence-electron chi connectivity index (χ0n) is 12.4. The quantitative estimate of drug-likeness (QED) is 0.878. The minimum atomic E-state index is -0.0927. The Kier molecular flexibility index (Phi) is 3.66. The maximum Gasteiger partial charge on any atom is 0.322 e. The van der Waals surface area contributed by atoms with Crippen molar-refractivity contribution in [3.63, 3.8) is 0 Å². The van der Waals surface area contributed by atoms with Crippen LogP contribution in [0, 0.1) is 5.92 Å². The summed E-state index contributed by atoms with van der Waals surface area (Å²) in [6.45, 7) is 2.65. The molecule has 0 bridgehead atoms. The molecule has 2 N–H and O–H groups in total. The Morgan fingerprint density at radius 1 is 1.39 bits per heavy atom. The van der Waals surface area contributed by atoms with Crippen molar-refractivity contribution in [2.24, 2.45) is 5.92 Å². The van der Waals surface area contributed by atoms with Gasteiger partial charge in [-0.3, -0.25) is 0 Å². The lowest BCUT2D eigenvalue weighted by Crippen LogP contribution is -2.41. The first kappa shape index (κ1) is 14.5. The Morgan fingerprint density at radius 2 is 2.30 bits per heavy atom. The van der Waals surface area contributed by atoms with Gasteiger partial charge in [-0.2, -0.15) is 5.10 Å². The lowest BCUT2D eigenvalue weighted by Gasteiger charge is -2.24. The highest BCUT2D eigenvalue weighted by molar-refractivity contribution is 6.31. The van der Waals surface area contributed by atoms with Crippen LogP contribution in [0.2, 0.25) is 5.02 Å². The summed E-state index contributed by atoms with van der Waals surface area (Å²) in [6.07, 6.45) is 4.09. The van der Waals surface area contributed by atoms with Crippen molar-refractivity contribution >= 4 is 23.3 Å². The number of benzene rings is 1. The second-order valence-corrected chi connectivity index (χ2v) is 6.34. The molecule has 2 aromatic rings. The van der Waals surface area contributed by atoms with E-state index in [-0.39, 0.29) is 12.1 Å². The number of amides is 2. The molecule has 0 aliphatic carbocycles. The molecule has 2 fully saturated rings. The fourth-order valence-electron chi connectivity index (χ4n) is 3.43. The summed E-state index contributed by atoms with van der Waals surface area (Å²) in [5, 5.41) is 11.0. The number of anilines is 1. The van der Waals surface area contributed by atoms with E-state index in [2.05, 4.69) is 20.7 Å². The van der Waals surface area contributed by atoms with Gasteiger partial charge in [-0.25, -0.2) is 14.5 Å². The van der Waals surface area contributed by atoms with Crippen molar-refractivity contribution < 1.29 is 4.79 Å². The van der Waals surface area contributed by atoms with Crippen LogP contribution < -0.4 is 10.6 Å². The predicted octanol–water partition coefficient (Wildman–Crippen LogP) is 1.75. The number of halogens is 1. The molecule has 2 amide bonds. The monoisotopic (exact) mass is 332 g/mol. The van der Waals surface area contributed by atoms with Crippen LogP contribution >= 0.6 is 11.6 Å². The van der Waals surface area contributed by atoms with Gasteiger partial charge in [-0.1, -0.05) is 11.6 Å². The molecule has 2 saturated heterocycles. The average molecular weight is 333 g/mol. The summed E-state index contributed by atoms with van der Waals surface area (Å²) in [4.78, 5) is 18.6. The zero-order valence-corrected chi connectivity index (χ0v) is 13.2. The highest BCUT2D eigenvalue weighted by atomic mass is 35.5. The first-order valence-electron chi connectivity index (χ1n) is 7.65. The molecule has 4 rings (SSSR count). The van der Waals surface area contributed by atoms with Crippen molar-refractivity contribution in [2.75, 3.05) is 25.0 Å². The van der Waals surface area contributed by atoms with Crippen LogP contribution in [-0.2, 0) is 0 Å². The van der Waals surface area contributed by atoms with E-state index < -0.39 is 0 Å². The molecule has 0 radical (unpaired) electrons. The van der Waals surface area contributed by atoms with Gasteiger partial charge in [-0.05, 0) is 30.5 Å². The molecule has 120 valence electrons. The summed E-state index contributed by atoms with van der Waals surface area (Å²) < 4.78 is 1.61. The normalized spacial score (nSPS) is 23.1. The van der Waals surface area contributed by atoms with Gasteiger partial charge in [0.25, 0.3) is 0 Å². The largest absolute Gasteiger partial charge is 0.322 e. The summed E-state index contributed by atoms with van der Waals surface area (Å²) in [5.74, 6) is 0.565. The third-order valence-electron chi connectivity index (χ3n) is 4.57. The van der Waals surface area contributed by atoms with E-state index in [1.165, 1.54) is 6.33 Å². The number of aromatic nitrogens is 3. The minimum absolute atomic E-state index is 0.0927. The standard InChI is InChI=1S/C15H17ClN6O/c16-11-1-2-13(22-9-18-8-19-22)12(5-11)20-15(23)21-4-3-10-6-17-7-14(10)21/h1-2,5,8-10,14,17H,3-4,6-7H2,(H,20,23)/t10-,14+/m0/s1. The van der Waals surface area contributed by atoms with E-state index in [0.717, 1.165) is 31.7 Å². The van der Waals surface area contributed by atoms with E-state index in [4.69, 9.17) is 11.6 Å². The molecule has 23 heavy (non-hydrogen) atoms. The van der Waals surface area contributed by atoms with Gasteiger partial charge in [0.05, 0.1) is 11.4 Å². The van der Waals surface area contributed by atoms with Crippen LogP contribution in [0.25, 0.3) is 5.69 Å². The number of hydrogen-bond acceptors (Lipinski definition) is 4. The molecule has 1 aromatic heterocycles. The molecule has 2 atom stereocenters. The van der Waals surface area contributed by atoms with Gasteiger partial charge < -0.3 is 15.5 Å². The van der Waals surface area contributed by atoms with Gasteiger partial charge >= 0.3 is 6.03 Å². The first-order valence-corrected chi connectivity index (χ1v) is 8.03. The molecule has 2 aliphatic rings. The summed E-state index contributed by atoms with van der Waals surface area (Å²) >= 11 is 6.09. The molecule has 0 unspecified atom stereocenters. The van der Waals surface area contributed by atoms with Crippen molar-refractivity contribution in [2.45, 2.75) is 12.5 Å². The van der Waals surface area contributed by atoms with Crippen LogP contribution in [0.1, 0.15) is 6.42 Å². The maximum absolute atomic E-state index is 12.7. The zero-order chi connectivity index (χ0) is 15.8. The molecule has 7 nitrogen and oxygen atoms in total. The van der Waals surface area contributed by atoms with Crippen LogP contribution in [0.15, 0.2) is 30.9 Å². The molecule has 3 heterocycles. The van der Waals surface area contributed by atoms with Crippen LogP contribution in [0.4, 0.5) is 10.5 Å². The van der Waals surface area contributed by atoms with E-state index >= 15 is 0 Å². The van der Waals surface area contributed by atoms with Crippen LogP contribution in [0.5, 0.6) is 0 Å². The van der Waals surface area contributed by atoms with E-state index in [0.29, 0.717) is 16.6 Å². The van der Waals surface area contributed by atoms with Crippen molar-refractivity contribution in [3.05, 3.63) is 35.9 Å². The molecule has 8 heteroatoms. The molecule has 0 spiro atoms. The number of carbonyl (C=O) groups excluding carboxylic acids is 1. The highest BCUT2D eigenvalue weighted by Crippen LogP contribution is 2.29. The van der Waals surface area contributed by atoms with Crippen LogP contribution in [-0.4, -0.2) is 51.4 Å². The molecule has 1 aromatic carbocycles. The number of nitrogens with zero attached hydrogens (tertiary/aromatic N) is 4. The number of carbonyl (C=O) groups is 1. The van der Waals surface area contributed by atoms with Crippen molar-refractivity contribution in [3.8, 4) is 5.69 Å². The van der Waals surface area contributed by atoms with E-state index in [1.807, 2.05) is 11.0 Å². The van der Waals surface area contributed by atoms with E-state index in [1.54, 1.807) is 23.1 Å². The summed E-state index contributed by atoms with van der Waals surface area (Å²) in [7, 11) is 0. The number of fused-ring (bicyclic) bond motifs is 1. The first-order chi connectivity index (χ1) is 11.2. The minimum Gasteiger partial charge on any atom is -0.320 e. The number of hydrogen-bond donors (Lipinski definition) is 2. The van der Waals surface area contributed by atoms with Crippen molar-refractivity contribution in [1.29, 1.82) is 0 Å². The third-order valence-corrected chi connectivity index (χ3v) is 4.81. The Morgan fingerprint density at radius 3 is 3.13 bits per heavy atom. The van der Waals surface area contributed by atoms with Gasteiger partial charge in [0.15, 0.2) is 0 Å². The maximum atomic E-state index is 12.7. The lowest BCUT2D eigenvalue weighted by molar-refractivity contribution is 0.206. The summed E-state index contributed by atoms with van der Waals surface area (Å²) in [6, 6.07) is 5.50. The second kappa shape index (κ2) is 5.82. The fraction of sp³-hybridized carbons (Fsp3) is 0.400. The molecular formula is C15H17ClN6O. The van der Waals surface area contributed by atoms with Gasteiger partial charge in [0, 0.05) is 30.7 Å². The lowest BCUT2D eigenvalue weighted by atomic mass is 10.1. The topological polar surface area (TPSA) is 75.1 Å². The molecule has 2 aliphatic heterocycles. The SMILES string of the molecule is O=C(Nc1cc(Cl)ccc1-n1cncn1)N1CC[C@H]2CNC[C@H]21. The Bertz CT molecular complexity index is 719. The second-order valence-electron chi connectivity index (χ2n) is 5.90. The number of likely N-dealkylation sites (tertiary alicyclic amines) is 1. The number of urea groups is 1. The Balaban J connectivity index is 1.59. The van der Waals surface area contributed by atoms with Crippen molar-refractivity contribution in [1.82, 2.24) is 25.0 Å². The van der Waals surface area contributed by atoms with E-state index in [9.17, 15) is 4.79 Å². The number of nitrogens with one attached hydrogen (secondary N) is 2. The average Bonchev–Trinajstić information content (AvgIpc) is 3.25. The Labute approximate surface area is 138 Å². The van der Waals surface area contributed by atoms with Gasteiger partial charge in [-0.15, -0.1) is 0 Å². The Hall–Kier alpha value is -2.12. The van der Waals surface area contributed by atoms with Crippen LogP contribution in [0.3, 0.4) is 0 Å². The fourth-order valence-corrected chi connectivity index (χ4v) is 3.60. The molecular weight excluding hydrogens is 316 g/mol. The highest BCUT2D eigenvalue weighted by Gasteiger charge is 2.40. The third kappa shape index (κ3) is 2.66. The number of rotatable bonds is 2. The smallest absolute Gasteiger partial charge is 0.320 e. The molecule has 0 saturated carbocycles. The summed E-state index contributed by atoms with van der Waals surface area (Å²) in [5.41, 5.74) is 1.36.